The Labute approximate surface area is 85.0 Å². The zero-order valence-corrected chi connectivity index (χ0v) is 8.53. The molecule has 1 aromatic rings. The number of benzene rings is 1. The maximum Gasteiger partial charge on any atom is 0.0914 e. The molecule has 76 valence electrons. The van der Waals surface area contributed by atoms with Gasteiger partial charge in [-0.05, 0) is 25.3 Å². The largest absolute Gasteiger partial charge is 0.387 e. The van der Waals surface area contributed by atoms with Gasteiger partial charge in [0.25, 0.3) is 0 Å². The van der Waals surface area contributed by atoms with Crippen molar-refractivity contribution < 1.29 is 5.11 Å². The first kappa shape index (κ1) is 9.69. The number of hydrogen-bond donors (Lipinski definition) is 2. The Bertz CT molecular complexity index is 290. The molecule has 1 fully saturated rings. The Hall–Kier alpha value is -0.860. The number of aliphatic hydroxyl groups is 1. The van der Waals surface area contributed by atoms with Crippen LogP contribution in [0.25, 0.3) is 0 Å². The number of nitrogens with one attached hydrogen (secondary N) is 1. The number of hydrogen-bond acceptors (Lipinski definition) is 2. The van der Waals surface area contributed by atoms with E-state index in [4.69, 9.17) is 0 Å². The van der Waals surface area contributed by atoms with Crippen LogP contribution in [0.4, 0.5) is 0 Å². The van der Waals surface area contributed by atoms with Gasteiger partial charge in [-0.3, -0.25) is 0 Å². The molecule has 1 aliphatic rings. The predicted molar refractivity (Wildman–Crippen MR) is 57.2 cm³/mol. The minimum absolute atomic E-state index is 0.365. The van der Waals surface area contributed by atoms with Crippen LogP contribution in [0.3, 0.4) is 0 Å². The van der Waals surface area contributed by atoms with Crippen molar-refractivity contribution in [1.82, 2.24) is 5.32 Å². The lowest BCUT2D eigenvalue weighted by atomic mass is 10.1. The van der Waals surface area contributed by atoms with Crippen molar-refractivity contribution in [1.29, 1.82) is 0 Å². The standard InChI is InChI=1S/C12H17NO/c1-9-2-4-10(5-3-9)12(14)8-13-11-6-7-11/h2-5,11-14H,6-8H2,1H3. The SMILES string of the molecule is Cc1ccc(C(O)CNC2CC2)cc1. The summed E-state index contributed by atoms with van der Waals surface area (Å²) in [6, 6.07) is 8.73. The van der Waals surface area contributed by atoms with E-state index in [0.717, 1.165) is 5.56 Å². The molecule has 0 spiro atoms. The third kappa shape index (κ3) is 2.56. The molecule has 1 aromatic carbocycles. The highest BCUT2D eigenvalue weighted by atomic mass is 16.3. The van der Waals surface area contributed by atoms with Crippen LogP contribution in [0, 0.1) is 6.92 Å². The molecule has 2 heteroatoms. The highest BCUT2D eigenvalue weighted by Crippen LogP contribution is 2.20. The van der Waals surface area contributed by atoms with Crippen LogP contribution >= 0.6 is 0 Å². The molecule has 0 bridgehead atoms. The third-order valence-corrected chi connectivity index (χ3v) is 2.64. The first-order valence-electron chi connectivity index (χ1n) is 5.24. The van der Waals surface area contributed by atoms with Crippen molar-refractivity contribution >= 4 is 0 Å². The predicted octanol–water partition coefficient (Wildman–Crippen LogP) is 1.78. The first-order valence-corrected chi connectivity index (χ1v) is 5.24. The van der Waals surface area contributed by atoms with Gasteiger partial charge in [0.2, 0.25) is 0 Å². The number of rotatable bonds is 4. The molecule has 1 saturated carbocycles. The molecular formula is C12H17NO. The third-order valence-electron chi connectivity index (χ3n) is 2.64. The molecule has 2 rings (SSSR count). The van der Waals surface area contributed by atoms with Crippen molar-refractivity contribution in [2.75, 3.05) is 6.54 Å². The fraction of sp³-hybridized carbons (Fsp3) is 0.500. The van der Waals surface area contributed by atoms with Crippen LogP contribution in [0.5, 0.6) is 0 Å². The van der Waals surface area contributed by atoms with Gasteiger partial charge in [-0.2, -0.15) is 0 Å². The second-order valence-corrected chi connectivity index (χ2v) is 4.11. The van der Waals surface area contributed by atoms with E-state index in [1.807, 2.05) is 24.3 Å². The highest BCUT2D eigenvalue weighted by Gasteiger charge is 2.21. The smallest absolute Gasteiger partial charge is 0.0914 e. The maximum atomic E-state index is 9.83. The zero-order valence-electron chi connectivity index (χ0n) is 8.53. The van der Waals surface area contributed by atoms with Crippen molar-refractivity contribution in [3.05, 3.63) is 35.4 Å². The molecule has 1 atom stereocenters. The van der Waals surface area contributed by atoms with Crippen LogP contribution < -0.4 is 5.32 Å². The van der Waals surface area contributed by atoms with Gasteiger partial charge in [-0.15, -0.1) is 0 Å². The summed E-state index contributed by atoms with van der Waals surface area (Å²) in [4.78, 5) is 0. The van der Waals surface area contributed by atoms with Gasteiger partial charge in [-0.1, -0.05) is 29.8 Å². The molecule has 1 aliphatic carbocycles. The molecule has 2 N–H and O–H groups in total. The van der Waals surface area contributed by atoms with E-state index in [1.54, 1.807) is 0 Å². The van der Waals surface area contributed by atoms with Crippen molar-refractivity contribution in [2.24, 2.45) is 0 Å². The lowest BCUT2D eigenvalue weighted by Gasteiger charge is -2.11. The Morgan fingerprint density at radius 2 is 2.00 bits per heavy atom. The summed E-state index contributed by atoms with van der Waals surface area (Å²) in [6.45, 7) is 2.73. The Morgan fingerprint density at radius 3 is 2.57 bits per heavy atom. The summed E-state index contributed by atoms with van der Waals surface area (Å²) in [5.74, 6) is 0. The normalized spacial score (nSPS) is 18.1. The van der Waals surface area contributed by atoms with Crippen LogP contribution in [-0.2, 0) is 0 Å². The first-order chi connectivity index (χ1) is 6.75. The maximum absolute atomic E-state index is 9.83. The Morgan fingerprint density at radius 1 is 1.36 bits per heavy atom. The van der Waals surface area contributed by atoms with E-state index >= 15 is 0 Å². The summed E-state index contributed by atoms with van der Waals surface area (Å²) in [6.07, 6.45) is 2.16. The van der Waals surface area contributed by atoms with Crippen molar-refractivity contribution in [2.45, 2.75) is 31.9 Å². The topological polar surface area (TPSA) is 32.3 Å². The average Bonchev–Trinajstić information content (AvgIpc) is 2.99. The van der Waals surface area contributed by atoms with E-state index in [-0.39, 0.29) is 6.10 Å². The summed E-state index contributed by atoms with van der Waals surface area (Å²) in [7, 11) is 0. The molecule has 0 aromatic heterocycles. The van der Waals surface area contributed by atoms with Crippen molar-refractivity contribution in [3.8, 4) is 0 Å². The van der Waals surface area contributed by atoms with Gasteiger partial charge in [0.1, 0.15) is 0 Å². The minimum Gasteiger partial charge on any atom is -0.387 e. The molecule has 1 unspecified atom stereocenters. The van der Waals surface area contributed by atoms with Gasteiger partial charge in [0, 0.05) is 12.6 Å². The highest BCUT2D eigenvalue weighted by molar-refractivity contribution is 5.23. The van der Waals surface area contributed by atoms with E-state index < -0.39 is 0 Å². The molecule has 2 nitrogen and oxygen atoms in total. The summed E-state index contributed by atoms with van der Waals surface area (Å²) >= 11 is 0. The molecule has 14 heavy (non-hydrogen) atoms. The lowest BCUT2D eigenvalue weighted by Crippen LogP contribution is -2.23. The minimum atomic E-state index is -0.365. The molecule has 0 radical (unpaired) electrons. The van der Waals surface area contributed by atoms with Gasteiger partial charge in [0.05, 0.1) is 6.10 Å². The monoisotopic (exact) mass is 191 g/mol. The van der Waals surface area contributed by atoms with Gasteiger partial charge in [-0.25, -0.2) is 0 Å². The van der Waals surface area contributed by atoms with Gasteiger partial charge >= 0.3 is 0 Å². The second kappa shape index (κ2) is 4.11. The van der Waals surface area contributed by atoms with Gasteiger partial charge in [0.15, 0.2) is 0 Å². The zero-order chi connectivity index (χ0) is 9.97. The van der Waals surface area contributed by atoms with Crippen LogP contribution in [0.2, 0.25) is 0 Å². The Kier molecular flexibility index (Phi) is 2.85. The fourth-order valence-corrected chi connectivity index (χ4v) is 1.47. The quantitative estimate of drug-likeness (QED) is 0.760. The summed E-state index contributed by atoms with van der Waals surface area (Å²) in [5, 5.41) is 13.1. The molecule has 0 saturated heterocycles. The molecule has 0 aliphatic heterocycles. The average molecular weight is 191 g/mol. The molecule has 0 amide bonds. The summed E-state index contributed by atoms with van der Waals surface area (Å²) in [5.41, 5.74) is 2.24. The summed E-state index contributed by atoms with van der Waals surface area (Å²) < 4.78 is 0. The van der Waals surface area contributed by atoms with Crippen LogP contribution in [-0.4, -0.2) is 17.7 Å². The van der Waals surface area contributed by atoms with E-state index in [1.165, 1.54) is 18.4 Å². The van der Waals surface area contributed by atoms with Gasteiger partial charge < -0.3 is 10.4 Å². The number of aliphatic hydroxyl groups excluding tert-OH is 1. The van der Waals surface area contributed by atoms with E-state index in [2.05, 4.69) is 12.2 Å². The fourth-order valence-electron chi connectivity index (χ4n) is 1.47. The van der Waals surface area contributed by atoms with Crippen molar-refractivity contribution in [3.63, 3.8) is 0 Å². The molecular weight excluding hydrogens is 174 g/mol. The second-order valence-electron chi connectivity index (χ2n) is 4.11. The van der Waals surface area contributed by atoms with E-state index in [0.29, 0.717) is 12.6 Å². The lowest BCUT2D eigenvalue weighted by molar-refractivity contribution is 0.174. The van der Waals surface area contributed by atoms with E-state index in [9.17, 15) is 5.11 Å². The van der Waals surface area contributed by atoms with Crippen LogP contribution in [0.1, 0.15) is 30.1 Å². The Balaban J connectivity index is 1.88. The number of aryl methyl sites for hydroxylation is 1. The molecule has 0 heterocycles. The van der Waals surface area contributed by atoms with Crippen LogP contribution in [0.15, 0.2) is 24.3 Å².